The van der Waals surface area contributed by atoms with Crippen molar-refractivity contribution in [1.29, 1.82) is 0 Å². The van der Waals surface area contributed by atoms with Gasteiger partial charge in [-0.05, 0) is 19.1 Å². The summed E-state index contributed by atoms with van der Waals surface area (Å²) in [5.41, 5.74) is 3.10. The van der Waals surface area contributed by atoms with Crippen LogP contribution in [0.25, 0.3) is 10.9 Å². The molecule has 4 heteroatoms. The maximum atomic E-state index is 12.5. The number of aromatic nitrogens is 1. The Morgan fingerprint density at radius 3 is 2.75 bits per heavy atom. The number of carbonyl (C=O) groups is 1. The number of aryl methyl sites for hydroxylation is 1. The Morgan fingerprint density at radius 2 is 2.00 bits per heavy atom. The molecular formula is C16H23N3O+2. The molecule has 0 radical (unpaired) electrons. The van der Waals surface area contributed by atoms with Gasteiger partial charge < -0.3 is 14.8 Å². The third kappa shape index (κ3) is 2.62. The summed E-state index contributed by atoms with van der Waals surface area (Å²) in [5, 5.41) is 1.06. The second-order valence-electron chi connectivity index (χ2n) is 6.06. The number of nitrogens with one attached hydrogen (secondary N) is 3. The number of aromatic amines is 1. The summed E-state index contributed by atoms with van der Waals surface area (Å²) in [7, 11) is 2.22. The Bertz CT molecular complexity index is 624. The van der Waals surface area contributed by atoms with Crippen LogP contribution in [-0.2, 0) is 0 Å². The highest BCUT2D eigenvalue weighted by molar-refractivity contribution is 6.08. The van der Waals surface area contributed by atoms with Gasteiger partial charge in [-0.2, -0.15) is 0 Å². The molecule has 0 unspecified atom stereocenters. The van der Waals surface area contributed by atoms with Crippen LogP contribution in [0.15, 0.2) is 24.4 Å². The molecule has 0 aliphatic carbocycles. The summed E-state index contributed by atoms with van der Waals surface area (Å²) in [4.78, 5) is 18.7. The number of benzene rings is 1. The molecule has 20 heavy (non-hydrogen) atoms. The van der Waals surface area contributed by atoms with Gasteiger partial charge in [0.2, 0.25) is 5.78 Å². The number of carbonyl (C=O) groups excluding carboxylic acids is 1. The Labute approximate surface area is 119 Å². The van der Waals surface area contributed by atoms with Crippen LogP contribution in [-0.4, -0.2) is 50.5 Å². The first-order valence-corrected chi connectivity index (χ1v) is 7.39. The summed E-state index contributed by atoms with van der Waals surface area (Å²) in [6.45, 7) is 7.20. The van der Waals surface area contributed by atoms with Gasteiger partial charge in [-0.25, -0.2) is 0 Å². The van der Waals surface area contributed by atoms with Crippen molar-refractivity contribution in [3.8, 4) is 0 Å². The molecule has 1 aliphatic heterocycles. The molecule has 1 aromatic heterocycles. The first kappa shape index (κ1) is 13.3. The molecule has 3 rings (SSSR count). The van der Waals surface area contributed by atoms with E-state index in [0.29, 0.717) is 6.54 Å². The van der Waals surface area contributed by atoms with Crippen molar-refractivity contribution in [2.75, 3.05) is 39.8 Å². The van der Waals surface area contributed by atoms with E-state index >= 15 is 0 Å². The molecule has 1 fully saturated rings. The van der Waals surface area contributed by atoms with Gasteiger partial charge in [0, 0.05) is 22.7 Å². The zero-order chi connectivity index (χ0) is 14.1. The molecule has 1 saturated heterocycles. The summed E-state index contributed by atoms with van der Waals surface area (Å²) in [5.74, 6) is 0.261. The second-order valence-corrected chi connectivity index (χ2v) is 6.06. The highest BCUT2D eigenvalue weighted by Gasteiger charge is 2.24. The Hall–Kier alpha value is -1.65. The van der Waals surface area contributed by atoms with Crippen LogP contribution in [0.3, 0.4) is 0 Å². The van der Waals surface area contributed by atoms with Gasteiger partial charge in [0.05, 0.1) is 7.05 Å². The normalized spacial score (nSPS) is 23.1. The van der Waals surface area contributed by atoms with Crippen LogP contribution < -0.4 is 9.80 Å². The molecule has 106 valence electrons. The number of fused-ring (bicyclic) bond motifs is 1. The van der Waals surface area contributed by atoms with Gasteiger partial charge in [-0.15, -0.1) is 0 Å². The highest BCUT2D eigenvalue weighted by Crippen LogP contribution is 2.19. The Balaban J connectivity index is 1.77. The van der Waals surface area contributed by atoms with Gasteiger partial charge in [-0.1, -0.05) is 11.6 Å². The number of hydrogen-bond acceptors (Lipinski definition) is 1. The third-order valence-electron chi connectivity index (χ3n) is 4.36. The predicted molar refractivity (Wildman–Crippen MR) is 79.6 cm³/mol. The van der Waals surface area contributed by atoms with Crippen LogP contribution in [0.2, 0.25) is 0 Å². The second kappa shape index (κ2) is 5.38. The monoisotopic (exact) mass is 273 g/mol. The number of likely N-dealkylation sites (N-methyl/N-ethyl adjacent to an activating group) is 1. The van der Waals surface area contributed by atoms with E-state index in [-0.39, 0.29) is 5.78 Å². The van der Waals surface area contributed by atoms with Crippen LogP contribution in [0.1, 0.15) is 15.9 Å². The summed E-state index contributed by atoms with van der Waals surface area (Å²) >= 11 is 0. The van der Waals surface area contributed by atoms with Crippen molar-refractivity contribution in [3.63, 3.8) is 0 Å². The van der Waals surface area contributed by atoms with Crippen molar-refractivity contribution >= 4 is 16.7 Å². The fraction of sp³-hybridized carbons (Fsp3) is 0.438. The number of H-pyrrole nitrogens is 1. The van der Waals surface area contributed by atoms with E-state index in [1.807, 2.05) is 12.3 Å². The molecule has 2 aromatic rings. The fourth-order valence-corrected chi connectivity index (χ4v) is 2.99. The van der Waals surface area contributed by atoms with Crippen LogP contribution in [0.5, 0.6) is 0 Å². The van der Waals surface area contributed by atoms with E-state index in [2.05, 4.69) is 31.1 Å². The fourth-order valence-electron chi connectivity index (χ4n) is 2.99. The van der Waals surface area contributed by atoms with Gasteiger partial charge in [0.25, 0.3) is 0 Å². The predicted octanol–water partition coefficient (Wildman–Crippen LogP) is -0.928. The molecule has 0 saturated carbocycles. The van der Waals surface area contributed by atoms with Gasteiger partial charge in [-0.3, -0.25) is 4.79 Å². The first-order valence-electron chi connectivity index (χ1n) is 7.39. The number of rotatable bonds is 3. The van der Waals surface area contributed by atoms with Gasteiger partial charge in [0.1, 0.15) is 32.7 Å². The van der Waals surface area contributed by atoms with Crippen molar-refractivity contribution in [2.45, 2.75) is 6.92 Å². The minimum Gasteiger partial charge on any atom is -0.360 e. The van der Waals surface area contributed by atoms with E-state index in [0.717, 1.165) is 42.6 Å². The molecule has 0 amide bonds. The maximum absolute atomic E-state index is 12.5. The number of quaternary nitrogens is 2. The molecule has 3 N–H and O–H groups in total. The smallest absolute Gasteiger partial charge is 0.219 e. The van der Waals surface area contributed by atoms with Gasteiger partial charge >= 0.3 is 0 Å². The quantitative estimate of drug-likeness (QED) is 0.622. The minimum absolute atomic E-state index is 0.261. The molecule has 1 aromatic carbocycles. The Kier molecular flexibility index (Phi) is 3.59. The van der Waals surface area contributed by atoms with E-state index < -0.39 is 0 Å². The van der Waals surface area contributed by atoms with E-state index in [1.54, 1.807) is 4.90 Å². The Morgan fingerprint density at radius 1 is 1.25 bits per heavy atom. The van der Waals surface area contributed by atoms with Crippen molar-refractivity contribution in [1.82, 2.24) is 4.98 Å². The lowest BCUT2D eigenvalue weighted by atomic mass is 10.1. The van der Waals surface area contributed by atoms with Crippen LogP contribution in [0.4, 0.5) is 0 Å². The van der Waals surface area contributed by atoms with Crippen molar-refractivity contribution < 1.29 is 14.6 Å². The molecule has 2 heterocycles. The van der Waals surface area contributed by atoms with Crippen molar-refractivity contribution in [2.24, 2.45) is 0 Å². The summed E-state index contributed by atoms with van der Waals surface area (Å²) < 4.78 is 0. The van der Waals surface area contributed by atoms with E-state index in [1.165, 1.54) is 10.5 Å². The zero-order valence-corrected chi connectivity index (χ0v) is 12.3. The van der Waals surface area contributed by atoms with Crippen molar-refractivity contribution in [3.05, 3.63) is 35.5 Å². The average Bonchev–Trinajstić information content (AvgIpc) is 2.84. The van der Waals surface area contributed by atoms with Gasteiger partial charge in [0.15, 0.2) is 0 Å². The third-order valence-corrected chi connectivity index (χ3v) is 4.36. The lowest BCUT2D eigenvalue weighted by molar-refractivity contribution is -0.999. The van der Waals surface area contributed by atoms with E-state index in [9.17, 15) is 4.79 Å². The topological polar surface area (TPSA) is 41.7 Å². The van der Waals surface area contributed by atoms with Crippen LogP contribution >= 0.6 is 0 Å². The number of Topliss-reactive ketones (excluding diaryl/α,β-unsaturated/α-hetero) is 1. The molecule has 0 bridgehead atoms. The summed E-state index contributed by atoms with van der Waals surface area (Å²) in [6, 6.07) is 6.22. The number of ketones is 1. The zero-order valence-electron chi connectivity index (χ0n) is 12.3. The summed E-state index contributed by atoms with van der Waals surface area (Å²) in [6.07, 6.45) is 1.87. The van der Waals surface area contributed by atoms with E-state index in [4.69, 9.17) is 0 Å². The molecule has 1 aliphatic rings. The number of hydrogen-bond donors (Lipinski definition) is 3. The highest BCUT2D eigenvalue weighted by atomic mass is 16.1. The van der Waals surface area contributed by atoms with Crippen LogP contribution in [0, 0.1) is 6.92 Å². The largest absolute Gasteiger partial charge is 0.360 e. The maximum Gasteiger partial charge on any atom is 0.219 e. The SMILES string of the molecule is Cc1ccc2[nH]cc(C(=O)C[NH+]3CC[NH+](C)CC3)c2c1. The molecular weight excluding hydrogens is 250 g/mol. The molecule has 0 spiro atoms. The number of piperazine rings is 1. The lowest BCUT2D eigenvalue weighted by Gasteiger charge is -2.26. The lowest BCUT2D eigenvalue weighted by Crippen LogP contribution is -3.27. The molecule has 4 nitrogen and oxygen atoms in total. The average molecular weight is 273 g/mol. The first-order chi connectivity index (χ1) is 9.63. The standard InChI is InChI=1S/C16H21N3O/c1-12-3-4-15-13(9-12)14(10-17-15)16(20)11-19-7-5-18(2)6-8-19/h3-4,9-10,17H,5-8,11H2,1-2H3/p+2. The minimum atomic E-state index is 0.261. The molecule has 0 atom stereocenters.